The molecule has 0 saturated carbocycles. The van der Waals surface area contributed by atoms with Crippen LogP contribution < -0.4 is 0 Å². The predicted molar refractivity (Wildman–Crippen MR) is 44.5 cm³/mol. The molecule has 0 radical (unpaired) electrons. The molecule has 0 N–H and O–H groups in total. The van der Waals surface area contributed by atoms with Gasteiger partial charge in [0, 0.05) is 21.3 Å². The van der Waals surface area contributed by atoms with E-state index in [-0.39, 0.29) is 0 Å². The molecule has 12 heavy (non-hydrogen) atoms. The van der Waals surface area contributed by atoms with Gasteiger partial charge in [-0.05, 0) is 6.55 Å². The Bertz CT molecular complexity index is 119. The Kier molecular flexibility index (Phi) is 5.63. The van der Waals surface area contributed by atoms with E-state index in [2.05, 4.69) is 4.89 Å². The quantitative estimate of drug-likeness (QED) is 0.267. The van der Waals surface area contributed by atoms with Gasteiger partial charge in [0.25, 0.3) is 0 Å². The van der Waals surface area contributed by atoms with Crippen molar-refractivity contribution in [1.29, 1.82) is 0 Å². The van der Waals surface area contributed by atoms with E-state index in [1.807, 2.05) is 0 Å². The van der Waals surface area contributed by atoms with Crippen molar-refractivity contribution < 1.29 is 23.4 Å². The molecule has 0 spiro atoms. The van der Waals surface area contributed by atoms with Crippen LogP contribution in [0.25, 0.3) is 0 Å². The molecule has 0 bridgehead atoms. The highest BCUT2D eigenvalue weighted by molar-refractivity contribution is 6.66. The van der Waals surface area contributed by atoms with Gasteiger partial charge < -0.3 is 13.9 Å². The zero-order valence-electron chi connectivity index (χ0n) is 8.12. The van der Waals surface area contributed by atoms with Crippen LogP contribution in [0, 0.1) is 0 Å². The summed E-state index contributed by atoms with van der Waals surface area (Å²) in [5.74, 6) is -0.498. The summed E-state index contributed by atoms with van der Waals surface area (Å²) in [7, 11) is 3.49. The fourth-order valence-corrected chi connectivity index (χ4v) is 2.39. The van der Waals surface area contributed by atoms with Crippen molar-refractivity contribution in [3.05, 3.63) is 0 Å². The van der Waals surface area contributed by atoms with Crippen molar-refractivity contribution in [2.45, 2.75) is 12.5 Å². The molecule has 0 aromatic carbocycles. The van der Waals surface area contributed by atoms with Gasteiger partial charge in [-0.2, -0.15) is 0 Å². The highest BCUT2D eigenvalue weighted by Gasteiger charge is 2.43. The molecular weight excluding hydrogens is 180 g/mol. The Morgan fingerprint density at radius 1 is 1.00 bits per heavy atom. The largest absolute Gasteiger partial charge is 0.427 e. The third kappa shape index (κ3) is 2.81. The van der Waals surface area contributed by atoms with Crippen molar-refractivity contribution in [2.75, 3.05) is 28.4 Å². The first-order valence-electron chi connectivity index (χ1n) is 3.47. The van der Waals surface area contributed by atoms with E-state index < -0.39 is 14.5 Å². The second-order valence-electron chi connectivity index (χ2n) is 2.27. The molecule has 1 unspecified atom stereocenters. The summed E-state index contributed by atoms with van der Waals surface area (Å²) in [6, 6.07) is 0. The standard InChI is InChI=1S/C6H16O5Si/c1-7-6(8-2)12(5,10-4)11-9-3/h6H,1-5H3. The maximum Gasteiger partial charge on any atom is 0.427 e. The lowest BCUT2D eigenvalue weighted by Crippen LogP contribution is -2.51. The van der Waals surface area contributed by atoms with Crippen molar-refractivity contribution in [1.82, 2.24) is 0 Å². The van der Waals surface area contributed by atoms with Crippen molar-refractivity contribution in [2.24, 2.45) is 0 Å². The van der Waals surface area contributed by atoms with Gasteiger partial charge in [0.1, 0.15) is 0 Å². The molecule has 0 fully saturated rings. The zero-order chi connectivity index (χ0) is 9.61. The Morgan fingerprint density at radius 2 is 1.50 bits per heavy atom. The van der Waals surface area contributed by atoms with Crippen LogP contribution in [0.1, 0.15) is 0 Å². The fraction of sp³-hybridized carbons (Fsp3) is 1.00. The summed E-state index contributed by atoms with van der Waals surface area (Å²) < 4.78 is 20.2. The minimum absolute atomic E-state index is 0.498. The normalized spacial score (nSPS) is 16.5. The van der Waals surface area contributed by atoms with Gasteiger partial charge in [0.2, 0.25) is 5.91 Å². The van der Waals surface area contributed by atoms with E-state index in [9.17, 15) is 0 Å². The smallest absolute Gasteiger partial charge is 0.393 e. The van der Waals surface area contributed by atoms with Gasteiger partial charge >= 0.3 is 8.56 Å². The molecule has 0 aliphatic carbocycles. The molecule has 6 heteroatoms. The molecular formula is C6H16O5Si. The number of ether oxygens (including phenoxy) is 2. The summed E-state index contributed by atoms with van der Waals surface area (Å²) in [6.45, 7) is 1.79. The molecule has 0 aromatic heterocycles. The summed E-state index contributed by atoms with van der Waals surface area (Å²) >= 11 is 0. The first-order valence-corrected chi connectivity index (χ1v) is 5.86. The average Bonchev–Trinajstić information content (AvgIpc) is 2.07. The molecule has 74 valence electrons. The number of methoxy groups -OCH3 is 2. The molecule has 0 saturated heterocycles. The molecule has 0 aliphatic rings. The third-order valence-corrected chi connectivity index (χ3v) is 4.15. The van der Waals surface area contributed by atoms with Gasteiger partial charge in [-0.15, -0.1) is 0 Å². The van der Waals surface area contributed by atoms with Gasteiger partial charge in [-0.3, -0.25) is 0 Å². The van der Waals surface area contributed by atoms with Gasteiger partial charge in [0.15, 0.2) is 0 Å². The Balaban J connectivity index is 4.24. The average molecular weight is 196 g/mol. The van der Waals surface area contributed by atoms with Crippen molar-refractivity contribution in [3.8, 4) is 0 Å². The monoisotopic (exact) mass is 196 g/mol. The van der Waals surface area contributed by atoms with Crippen LogP contribution in [0.15, 0.2) is 0 Å². The maximum absolute atomic E-state index is 5.16. The Hall–Kier alpha value is 0.0169. The molecule has 0 heterocycles. The predicted octanol–water partition coefficient (Wildman–Crippen LogP) is 0.441. The van der Waals surface area contributed by atoms with Crippen LogP contribution >= 0.6 is 0 Å². The highest BCUT2D eigenvalue weighted by Crippen LogP contribution is 2.14. The van der Waals surface area contributed by atoms with E-state index in [4.69, 9.17) is 18.5 Å². The number of rotatable bonds is 6. The summed E-state index contributed by atoms with van der Waals surface area (Å²) in [5.41, 5.74) is 0. The minimum Gasteiger partial charge on any atom is -0.393 e. The minimum atomic E-state index is -2.52. The van der Waals surface area contributed by atoms with Crippen LogP contribution in [0.5, 0.6) is 0 Å². The lowest BCUT2D eigenvalue weighted by atomic mass is 11.3. The second kappa shape index (κ2) is 5.63. The lowest BCUT2D eigenvalue weighted by molar-refractivity contribution is -0.225. The summed E-state index contributed by atoms with van der Waals surface area (Å²) in [6.07, 6.45) is 0. The lowest BCUT2D eigenvalue weighted by Gasteiger charge is -2.28. The number of hydrogen-bond donors (Lipinski definition) is 0. The Morgan fingerprint density at radius 3 is 1.75 bits per heavy atom. The van der Waals surface area contributed by atoms with Crippen LogP contribution in [-0.2, 0) is 23.4 Å². The molecule has 0 amide bonds. The molecule has 0 aromatic rings. The summed E-state index contributed by atoms with van der Waals surface area (Å²) in [4.78, 5) is 4.56. The van der Waals surface area contributed by atoms with E-state index in [0.717, 1.165) is 0 Å². The van der Waals surface area contributed by atoms with Crippen molar-refractivity contribution >= 4 is 8.56 Å². The third-order valence-electron chi connectivity index (χ3n) is 1.51. The van der Waals surface area contributed by atoms with Crippen LogP contribution in [-0.4, -0.2) is 42.9 Å². The van der Waals surface area contributed by atoms with Gasteiger partial charge in [-0.25, -0.2) is 9.46 Å². The van der Waals surface area contributed by atoms with Gasteiger partial charge in [-0.1, -0.05) is 0 Å². The van der Waals surface area contributed by atoms with E-state index >= 15 is 0 Å². The molecule has 0 rings (SSSR count). The number of hydrogen-bond acceptors (Lipinski definition) is 5. The van der Waals surface area contributed by atoms with Crippen LogP contribution in [0.4, 0.5) is 0 Å². The molecule has 5 nitrogen and oxygen atoms in total. The highest BCUT2D eigenvalue weighted by atomic mass is 28.4. The van der Waals surface area contributed by atoms with Crippen molar-refractivity contribution in [3.63, 3.8) is 0 Å². The zero-order valence-corrected chi connectivity index (χ0v) is 9.12. The SMILES string of the molecule is COO[Si](C)(OC)C(OC)OC. The first-order chi connectivity index (χ1) is 5.64. The Labute approximate surface area is 73.7 Å². The first kappa shape index (κ1) is 12.0. The fourth-order valence-electron chi connectivity index (χ4n) is 0.859. The second-order valence-corrected chi connectivity index (χ2v) is 5.35. The van der Waals surface area contributed by atoms with Crippen LogP contribution in [0.2, 0.25) is 6.55 Å². The topological polar surface area (TPSA) is 46.2 Å². The van der Waals surface area contributed by atoms with E-state index in [1.54, 1.807) is 6.55 Å². The maximum atomic E-state index is 5.16. The van der Waals surface area contributed by atoms with E-state index in [1.165, 1.54) is 28.4 Å². The van der Waals surface area contributed by atoms with E-state index in [0.29, 0.717) is 0 Å². The molecule has 0 aliphatic heterocycles. The van der Waals surface area contributed by atoms with Crippen LogP contribution in [0.3, 0.4) is 0 Å². The van der Waals surface area contributed by atoms with Gasteiger partial charge in [0.05, 0.1) is 7.11 Å². The molecule has 1 atom stereocenters. The summed E-state index contributed by atoms with van der Waals surface area (Å²) in [5, 5.41) is 0.